The first-order valence-electron chi connectivity index (χ1n) is 8.06. The Morgan fingerprint density at radius 2 is 2.26 bits per heavy atom. The largest absolute Gasteiger partial charge is 0.381 e. The van der Waals surface area contributed by atoms with Gasteiger partial charge in [0.25, 0.3) is 0 Å². The fraction of sp³-hybridized carbons (Fsp3) is 0.750. The Morgan fingerprint density at radius 1 is 1.48 bits per heavy atom. The average Bonchev–Trinajstić information content (AvgIpc) is 3.07. The molecule has 0 aromatic carbocycles. The summed E-state index contributed by atoms with van der Waals surface area (Å²) in [5.41, 5.74) is 0.520. The van der Waals surface area contributed by atoms with Gasteiger partial charge in [-0.2, -0.15) is 5.10 Å². The number of halogens is 1. The number of nitrogens with zero attached hydrogens (tertiary/aromatic N) is 3. The molecule has 1 aromatic heterocycles. The molecule has 0 bridgehead atoms. The van der Waals surface area contributed by atoms with Crippen LogP contribution < -0.4 is 0 Å². The zero-order valence-corrected chi connectivity index (χ0v) is 14.7. The molecular formula is C16H24ClN3O3. The lowest BCUT2D eigenvalue weighted by Gasteiger charge is -2.43. The van der Waals surface area contributed by atoms with Crippen molar-refractivity contribution < 1.29 is 14.3 Å². The average molecular weight is 342 g/mol. The van der Waals surface area contributed by atoms with E-state index in [4.69, 9.17) is 21.1 Å². The zero-order valence-electron chi connectivity index (χ0n) is 13.9. The first-order chi connectivity index (χ1) is 11.0. The molecule has 1 amide bonds. The van der Waals surface area contributed by atoms with Crippen LogP contribution in [0.15, 0.2) is 6.20 Å². The standard InChI is InChI=1S/C16H24ClN3O3/c1-11-13(17)9-19(18-11)10-15(21)20-7-6-16(23-3)5-4-12(22-2)8-14(16)20/h9,12,14H,4-8,10H2,1-3H3/t12?,14?,16-/m1/s1. The molecule has 1 saturated heterocycles. The number of rotatable bonds is 4. The van der Waals surface area contributed by atoms with Gasteiger partial charge in [0.2, 0.25) is 5.91 Å². The van der Waals surface area contributed by atoms with Gasteiger partial charge in [0, 0.05) is 27.0 Å². The molecule has 7 heteroatoms. The quantitative estimate of drug-likeness (QED) is 0.841. The number of methoxy groups -OCH3 is 2. The molecule has 2 fully saturated rings. The van der Waals surface area contributed by atoms with Gasteiger partial charge in [-0.15, -0.1) is 0 Å². The molecule has 1 aromatic rings. The summed E-state index contributed by atoms with van der Waals surface area (Å²) < 4.78 is 13.0. The maximum absolute atomic E-state index is 12.8. The predicted molar refractivity (Wildman–Crippen MR) is 86.5 cm³/mol. The Kier molecular flexibility index (Phi) is 4.67. The third-order valence-electron chi connectivity index (χ3n) is 5.38. The molecule has 0 spiro atoms. The molecule has 0 N–H and O–H groups in total. The molecule has 23 heavy (non-hydrogen) atoms. The topological polar surface area (TPSA) is 56.6 Å². The molecule has 3 atom stereocenters. The number of hydrogen-bond donors (Lipinski definition) is 0. The Labute approximate surface area is 141 Å². The van der Waals surface area contributed by atoms with Gasteiger partial charge in [0.15, 0.2) is 0 Å². The summed E-state index contributed by atoms with van der Waals surface area (Å²) in [6, 6.07) is 0.0748. The van der Waals surface area contributed by atoms with Crippen molar-refractivity contribution >= 4 is 17.5 Å². The van der Waals surface area contributed by atoms with Gasteiger partial charge in [0.05, 0.1) is 28.5 Å². The van der Waals surface area contributed by atoms with Crippen LogP contribution in [-0.2, 0) is 20.8 Å². The van der Waals surface area contributed by atoms with Crippen molar-refractivity contribution in [2.24, 2.45) is 0 Å². The Hall–Kier alpha value is -1.11. The zero-order chi connectivity index (χ0) is 16.6. The molecule has 6 nitrogen and oxygen atoms in total. The number of hydrogen-bond acceptors (Lipinski definition) is 4. The van der Waals surface area contributed by atoms with E-state index in [-0.39, 0.29) is 30.2 Å². The van der Waals surface area contributed by atoms with Gasteiger partial charge in [-0.05, 0) is 32.6 Å². The summed E-state index contributed by atoms with van der Waals surface area (Å²) in [4.78, 5) is 14.7. The number of aromatic nitrogens is 2. The predicted octanol–water partition coefficient (Wildman–Crippen LogP) is 2.03. The van der Waals surface area contributed by atoms with Crippen molar-refractivity contribution in [3.63, 3.8) is 0 Å². The van der Waals surface area contributed by atoms with Crippen LogP contribution in [-0.4, -0.2) is 59.1 Å². The van der Waals surface area contributed by atoms with Crippen molar-refractivity contribution in [1.29, 1.82) is 0 Å². The molecular weight excluding hydrogens is 318 g/mol. The van der Waals surface area contributed by atoms with E-state index in [9.17, 15) is 4.79 Å². The van der Waals surface area contributed by atoms with Crippen molar-refractivity contribution in [3.8, 4) is 0 Å². The van der Waals surface area contributed by atoms with E-state index in [1.54, 1.807) is 25.1 Å². The highest BCUT2D eigenvalue weighted by atomic mass is 35.5. The van der Waals surface area contributed by atoms with Crippen LogP contribution in [0, 0.1) is 6.92 Å². The fourth-order valence-electron chi connectivity index (χ4n) is 3.98. The number of aryl methyl sites for hydroxylation is 1. The molecule has 128 valence electrons. The van der Waals surface area contributed by atoms with E-state index in [1.165, 1.54) is 0 Å². The lowest BCUT2D eigenvalue weighted by atomic mass is 9.79. The smallest absolute Gasteiger partial charge is 0.244 e. The molecule has 1 saturated carbocycles. The summed E-state index contributed by atoms with van der Waals surface area (Å²) in [5, 5.41) is 4.86. The van der Waals surface area contributed by atoms with Crippen molar-refractivity contribution in [2.75, 3.05) is 20.8 Å². The molecule has 2 unspecified atom stereocenters. The second-order valence-corrected chi connectivity index (χ2v) is 6.92. The molecule has 2 aliphatic rings. The van der Waals surface area contributed by atoms with Gasteiger partial charge >= 0.3 is 0 Å². The molecule has 1 aliphatic carbocycles. The van der Waals surface area contributed by atoms with Gasteiger partial charge < -0.3 is 14.4 Å². The highest BCUT2D eigenvalue weighted by molar-refractivity contribution is 6.31. The maximum atomic E-state index is 12.8. The van der Waals surface area contributed by atoms with E-state index in [0.29, 0.717) is 5.02 Å². The van der Waals surface area contributed by atoms with E-state index in [2.05, 4.69) is 5.10 Å². The number of ether oxygens (including phenoxy) is 2. The molecule has 1 aliphatic heterocycles. The SMILES string of the molecule is COC1CC[C@@]2(OC)CCN(C(=O)Cn3cc(Cl)c(C)n3)C2C1. The monoisotopic (exact) mass is 341 g/mol. The Bertz CT molecular complexity index is 572. The van der Waals surface area contributed by atoms with Gasteiger partial charge in [-0.25, -0.2) is 0 Å². The van der Waals surface area contributed by atoms with E-state index in [1.807, 2.05) is 11.8 Å². The second kappa shape index (κ2) is 6.42. The summed E-state index contributed by atoms with van der Waals surface area (Å²) in [7, 11) is 3.49. The van der Waals surface area contributed by atoms with Crippen LogP contribution in [0.25, 0.3) is 0 Å². The minimum atomic E-state index is -0.220. The second-order valence-electron chi connectivity index (χ2n) is 6.51. The van der Waals surface area contributed by atoms with Crippen LogP contribution in [0.2, 0.25) is 5.02 Å². The van der Waals surface area contributed by atoms with E-state index in [0.717, 1.165) is 37.9 Å². The normalized spacial score (nSPS) is 30.5. The van der Waals surface area contributed by atoms with Gasteiger partial charge in [-0.3, -0.25) is 9.48 Å². The molecule has 3 rings (SSSR count). The third-order valence-corrected chi connectivity index (χ3v) is 5.75. The third kappa shape index (κ3) is 2.99. The maximum Gasteiger partial charge on any atom is 0.244 e. The summed E-state index contributed by atoms with van der Waals surface area (Å²) >= 11 is 6.02. The van der Waals surface area contributed by atoms with Crippen LogP contribution >= 0.6 is 11.6 Å². The van der Waals surface area contributed by atoms with Gasteiger partial charge in [-0.1, -0.05) is 11.6 Å². The summed E-state index contributed by atoms with van der Waals surface area (Å²) in [5.74, 6) is 0.0600. The fourth-order valence-corrected chi connectivity index (χ4v) is 4.13. The first kappa shape index (κ1) is 16.7. The Morgan fingerprint density at radius 3 is 2.87 bits per heavy atom. The molecule has 2 heterocycles. The number of amides is 1. The van der Waals surface area contributed by atoms with Crippen LogP contribution in [0.4, 0.5) is 0 Å². The van der Waals surface area contributed by atoms with Gasteiger partial charge in [0.1, 0.15) is 6.54 Å². The Balaban J connectivity index is 1.75. The summed E-state index contributed by atoms with van der Waals surface area (Å²) in [6.07, 6.45) is 5.52. The van der Waals surface area contributed by atoms with Crippen molar-refractivity contribution in [3.05, 3.63) is 16.9 Å². The minimum Gasteiger partial charge on any atom is -0.381 e. The highest BCUT2D eigenvalue weighted by Crippen LogP contribution is 2.43. The van der Waals surface area contributed by atoms with Crippen LogP contribution in [0.1, 0.15) is 31.4 Å². The summed E-state index contributed by atoms with van der Waals surface area (Å²) in [6.45, 7) is 2.77. The number of carbonyl (C=O) groups excluding carboxylic acids is 1. The molecule has 0 radical (unpaired) electrons. The van der Waals surface area contributed by atoms with Crippen LogP contribution in [0.3, 0.4) is 0 Å². The van der Waals surface area contributed by atoms with E-state index >= 15 is 0 Å². The highest BCUT2D eigenvalue weighted by Gasteiger charge is 2.52. The van der Waals surface area contributed by atoms with Crippen molar-refractivity contribution in [2.45, 2.75) is 56.9 Å². The number of fused-ring (bicyclic) bond motifs is 1. The van der Waals surface area contributed by atoms with Crippen LogP contribution in [0.5, 0.6) is 0 Å². The number of likely N-dealkylation sites (tertiary alicyclic amines) is 1. The lowest BCUT2D eigenvalue weighted by molar-refractivity contribution is -0.141. The number of carbonyl (C=O) groups is 1. The first-order valence-corrected chi connectivity index (χ1v) is 8.44. The lowest BCUT2D eigenvalue weighted by Crippen LogP contribution is -2.53. The van der Waals surface area contributed by atoms with Crippen molar-refractivity contribution in [1.82, 2.24) is 14.7 Å². The minimum absolute atomic E-state index is 0.0600. The van der Waals surface area contributed by atoms with E-state index < -0.39 is 0 Å².